The minimum atomic E-state index is -0.233. The molecule has 0 saturated carbocycles. The third-order valence-corrected chi connectivity index (χ3v) is 4.38. The molecule has 0 unspecified atom stereocenters. The predicted octanol–water partition coefficient (Wildman–Crippen LogP) is 0.956. The van der Waals surface area contributed by atoms with Gasteiger partial charge in [-0.2, -0.15) is 0 Å². The van der Waals surface area contributed by atoms with Crippen LogP contribution in [0.3, 0.4) is 0 Å². The lowest BCUT2D eigenvalue weighted by Gasteiger charge is -2.28. The zero-order chi connectivity index (χ0) is 18.1. The number of carbonyl (C=O) groups excluding carboxylic acids is 1. The van der Waals surface area contributed by atoms with Crippen molar-refractivity contribution in [2.45, 2.75) is 65.2 Å². The van der Waals surface area contributed by atoms with Gasteiger partial charge in [-0.05, 0) is 29.4 Å². The number of halogens is 1. The number of phenolic OH excluding ortho intramolecular Hbond substituents is 1. The molecule has 1 aromatic carbocycles. The fourth-order valence-corrected chi connectivity index (χ4v) is 2.91. The molecule has 0 aromatic heterocycles. The van der Waals surface area contributed by atoms with E-state index in [4.69, 9.17) is 0 Å². The first-order chi connectivity index (χ1) is 11.0. The summed E-state index contributed by atoms with van der Waals surface area (Å²) in [6.45, 7) is 13.4. The molecule has 1 aromatic rings. The zero-order valence-electron chi connectivity index (χ0n) is 16.2. The molecule has 0 spiro atoms. The van der Waals surface area contributed by atoms with Crippen LogP contribution in [-0.2, 0) is 10.8 Å². The van der Waals surface area contributed by atoms with Gasteiger partial charge >= 0.3 is 0 Å². The maximum absolute atomic E-state index is 12.7. The van der Waals surface area contributed by atoms with Gasteiger partial charge in [0.2, 0.25) is 0 Å². The summed E-state index contributed by atoms with van der Waals surface area (Å²) >= 11 is 0. The number of carbonyl (C=O) groups is 1. The summed E-state index contributed by atoms with van der Waals surface area (Å²) < 4.78 is 0. The van der Waals surface area contributed by atoms with Gasteiger partial charge < -0.3 is 22.8 Å². The molecule has 2 rings (SSSR count). The second-order valence-corrected chi connectivity index (χ2v) is 8.63. The number of Topliss-reactive ketones (excluding diaryl/α,β-unsaturated/α-hetero) is 1. The van der Waals surface area contributed by atoms with Crippen molar-refractivity contribution in [3.8, 4) is 5.75 Å². The lowest BCUT2D eigenvalue weighted by molar-refractivity contribution is -0.0000149. The van der Waals surface area contributed by atoms with E-state index >= 15 is 0 Å². The Kier molecular flexibility index (Phi) is 6.68. The Morgan fingerprint density at radius 2 is 1.64 bits per heavy atom. The number of hydrogen-bond acceptors (Lipinski definition) is 4. The minimum absolute atomic E-state index is 0. The molecule has 0 atom stereocenters. The molecular formula is C20H30ClN2O2-. The maximum Gasteiger partial charge on any atom is 0.181 e. The zero-order valence-corrected chi connectivity index (χ0v) is 16.9. The summed E-state index contributed by atoms with van der Waals surface area (Å²) in [4.78, 5) is 17.0. The lowest BCUT2D eigenvalue weighted by Crippen LogP contribution is -3.00. The van der Waals surface area contributed by atoms with Gasteiger partial charge in [0.05, 0.1) is 12.4 Å². The van der Waals surface area contributed by atoms with Crippen LogP contribution in [0.1, 0.15) is 75.9 Å². The Morgan fingerprint density at radius 1 is 1.12 bits per heavy atom. The maximum atomic E-state index is 12.7. The minimum Gasteiger partial charge on any atom is -1.00 e. The Morgan fingerprint density at radius 3 is 2.04 bits per heavy atom. The Bertz CT molecular complexity index is 632. The van der Waals surface area contributed by atoms with E-state index < -0.39 is 0 Å². The van der Waals surface area contributed by atoms with E-state index in [-0.39, 0.29) is 35.6 Å². The average molecular weight is 366 g/mol. The number of benzene rings is 1. The van der Waals surface area contributed by atoms with Crippen LogP contribution < -0.4 is 17.7 Å². The van der Waals surface area contributed by atoms with Crippen molar-refractivity contribution in [2.75, 3.05) is 13.1 Å². The first-order valence-electron chi connectivity index (χ1n) is 8.68. The van der Waals surface area contributed by atoms with E-state index in [0.29, 0.717) is 11.3 Å². The van der Waals surface area contributed by atoms with Crippen molar-refractivity contribution in [3.05, 3.63) is 28.8 Å². The third kappa shape index (κ3) is 5.21. The number of rotatable bonds is 3. The van der Waals surface area contributed by atoms with E-state index in [1.807, 2.05) is 53.7 Å². The van der Waals surface area contributed by atoms with Crippen LogP contribution in [-0.4, -0.2) is 29.8 Å². The molecule has 0 fully saturated rings. The first kappa shape index (κ1) is 21.5. The van der Waals surface area contributed by atoms with Crippen LogP contribution in [0.15, 0.2) is 17.1 Å². The molecule has 0 amide bonds. The van der Waals surface area contributed by atoms with E-state index in [1.165, 1.54) is 0 Å². The molecule has 1 heterocycles. The largest absolute Gasteiger partial charge is 1.00 e. The number of ketones is 1. The second kappa shape index (κ2) is 7.77. The van der Waals surface area contributed by atoms with E-state index in [9.17, 15) is 9.90 Å². The van der Waals surface area contributed by atoms with Crippen molar-refractivity contribution >= 4 is 11.6 Å². The third-order valence-electron chi connectivity index (χ3n) is 4.38. The Labute approximate surface area is 157 Å². The quantitative estimate of drug-likeness (QED) is 0.784. The average Bonchev–Trinajstić information content (AvgIpc) is 2.95. The summed E-state index contributed by atoms with van der Waals surface area (Å²) in [6.07, 6.45) is 1.97. The molecule has 0 saturated heterocycles. The van der Waals surface area contributed by atoms with Crippen LogP contribution in [0.4, 0.5) is 0 Å². The van der Waals surface area contributed by atoms with Gasteiger partial charge in [-0.15, -0.1) is 0 Å². The van der Waals surface area contributed by atoms with Gasteiger partial charge in [-0.25, -0.2) is 0 Å². The normalized spacial score (nSPS) is 14.7. The van der Waals surface area contributed by atoms with Crippen LogP contribution in [0.2, 0.25) is 0 Å². The highest BCUT2D eigenvalue weighted by Crippen LogP contribution is 2.39. The molecule has 4 nitrogen and oxygen atoms in total. The standard InChI is InChI=1S/C20H30N2O2.ClH/c1-19(2,3)14-10-13(11-15(18(14)24)20(4,5)6)16(23)12-22-17-8-7-9-21-17;/h10-11,24H,7-9,12H2,1-6H3,(H,21,22);1H/p-1. The van der Waals surface area contributed by atoms with Gasteiger partial charge in [0.1, 0.15) is 5.75 Å². The highest BCUT2D eigenvalue weighted by molar-refractivity contribution is 6.00. The second-order valence-electron chi connectivity index (χ2n) is 8.63. The molecule has 2 N–H and O–H groups in total. The lowest BCUT2D eigenvalue weighted by atomic mass is 9.78. The number of nitrogens with one attached hydrogen (secondary N) is 1. The summed E-state index contributed by atoms with van der Waals surface area (Å²) in [5, 5.41) is 13.9. The van der Waals surface area contributed by atoms with E-state index in [2.05, 4.69) is 10.3 Å². The van der Waals surface area contributed by atoms with Gasteiger partial charge in [-0.1, -0.05) is 41.5 Å². The molecule has 0 radical (unpaired) electrons. The highest BCUT2D eigenvalue weighted by Gasteiger charge is 2.27. The number of amidine groups is 1. The molecule has 25 heavy (non-hydrogen) atoms. The van der Waals surface area contributed by atoms with Crippen molar-refractivity contribution in [1.82, 2.24) is 5.32 Å². The molecule has 1 aliphatic heterocycles. The Balaban J connectivity index is 0.00000312. The van der Waals surface area contributed by atoms with E-state index in [0.717, 1.165) is 36.3 Å². The fraction of sp³-hybridized carbons (Fsp3) is 0.600. The van der Waals surface area contributed by atoms with Gasteiger partial charge in [0.15, 0.2) is 5.78 Å². The molecule has 140 valence electrons. The van der Waals surface area contributed by atoms with Crippen LogP contribution in [0.5, 0.6) is 5.75 Å². The van der Waals surface area contributed by atoms with Gasteiger partial charge in [0.25, 0.3) is 0 Å². The number of hydrogen-bond donors (Lipinski definition) is 2. The Hall–Kier alpha value is -1.55. The summed E-state index contributed by atoms with van der Waals surface area (Å²) in [5.74, 6) is 1.26. The summed E-state index contributed by atoms with van der Waals surface area (Å²) in [7, 11) is 0. The SMILES string of the molecule is CC(C)(C)c1cc(C(=O)CNC2=NCCC2)cc(C(C)(C)C)c1O.[Cl-]. The molecular weight excluding hydrogens is 336 g/mol. The molecule has 0 aliphatic carbocycles. The van der Waals surface area contributed by atoms with Crippen molar-refractivity contribution in [3.63, 3.8) is 0 Å². The van der Waals surface area contributed by atoms with Gasteiger partial charge in [-0.3, -0.25) is 9.79 Å². The number of nitrogens with zero attached hydrogens (tertiary/aromatic N) is 1. The highest BCUT2D eigenvalue weighted by atomic mass is 35.5. The molecule has 0 bridgehead atoms. The van der Waals surface area contributed by atoms with Crippen LogP contribution in [0, 0.1) is 0 Å². The molecule has 5 heteroatoms. The van der Waals surface area contributed by atoms with Crippen LogP contribution in [0.25, 0.3) is 0 Å². The monoisotopic (exact) mass is 365 g/mol. The van der Waals surface area contributed by atoms with Crippen LogP contribution >= 0.6 is 0 Å². The first-order valence-corrected chi connectivity index (χ1v) is 8.68. The number of aliphatic imine (C=N–C) groups is 1. The fourth-order valence-electron chi connectivity index (χ4n) is 2.91. The number of phenols is 1. The number of aromatic hydroxyl groups is 1. The van der Waals surface area contributed by atoms with Crippen molar-refractivity contribution in [2.24, 2.45) is 4.99 Å². The van der Waals surface area contributed by atoms with Crippen molar-refractivity contribution in [1.29, 1.82) is 0 Å². The smallest absolute Gasteiger partial charge is 0.181 e. The summed E-state index contributed by atoms with van der Waals surface area (Å²) in [5.41, 5.74) is 1.81. The molecule has 1 aliphatic rings. The van der Waals surface area contributed by atoms with E-state index in [1.54, 1.807) is 0 Å². The van der Waals surface area contributed by atoms with Crippen molar-refractivity contribution < 1.29 is 22.3 Å². The topological polar surface area (TPSA) is 61.7 Å². The summed E-state index contributed by atoms with van der Waals surface area (Å²) in [6, 6.07) is 3.68. The van der Waals surface area contributed by atoms with Gasteiger partial charge in [0, 0.05) is 29.7 Å². The predicted molar refractivity (Wildman–Crippen MR) is 99.4 cm³/mol.